The third-order valence-corrected chi connectivity index (χ3v) is 6.63. The Balaban J connectivity index is 1.40. The second-order valence-electron chi connectivity index (χ2n) is 7.81. The van der Waals surface area contributed by atoms with Crippen LogP contribution < -0.4 is 5.32 Å². The maximum atomic E-state index is 12.6. The molecule has 0 aromatic heterocycles. The lowest BCUT2D eigenvalue weighted by atomic mass is 9.49. The monoisotopic (exact) mass is 355 g/mol. The Morgan fingerprint density at radius 3 is 2.38 bits per heavy atom. The third-order valence-electron chi connectivity index (χ3n) is 5.70. The zero-order valence-corrected chi connectivity index (χ0v) is 13.8. The molecule has 0 aliphatic heterocycles. The molecule has 0 heterocycles. The number of hydrogen-bond acceptors (Lipinski definition) is 3. The minimum atomic E-state index is -0.326. The van der Waals surface area contributed by atoms with E-state index in [0.29, 0.717) is 17.9 Å². The predicted molar refractivity (Wildman–Crippen MR) is 80.9 cm³/mol. The normalized spacial score (nSPS) is 43.7. The molecule has 5 saturated carbocycles. The predicted octanol–water partition coefficient (Wildman–Crippen LogP) is 2.54. The molecule has 2 unspecified atom stereocenters. The first kappa shape index (κ1) is 14.0. The second kappa shape index (κ2) is 4.71. The average Bonchev–Trinajstić information content (AvgIpc) is 3.16. The highest BCUT2D eigenvalue weighted by Gasteiger charge is 2.60. The molecule has 4 bridgehead atoms. The fourth-order valence-electron chi connectivity index (χ4n) is 5.17. The van der Waals surface area contributed by atoms with Crippen molar-refractivity contribution in [3.8, 4) is 0 Å². The molecule has 5 aliphatic carbocycles. The van der Waals surface area contributed by atoms with Crippen LogP contribution in [0.3, 0.4) is 0 Å². The Morgan fingerprint density at radius 1 is 1.14 bits per heavy atom. The zero-order valence-electron chi connectivity index (χ0n) is 12.2. The van der Waals surface area contributed by atoms with E-state index in [2.05, 4.69) is 21.2 Å². The molecule has 0 spiro atoms. The number of alkyl halides is 1. The van der Waals surface area contributed by atoms with Gasteiger partial charge >= 0.3 is 5.97 Å². The van der Waals surface area contributed by atoms with Crippen LogP contribution in [-0.4, -0.2) is 28.8 Å². The van der Waals surface area contributed by atoms with E-state index in [1.807, 2.05) is 0 Å². The maximum Gasteiger partial charge on any atom is 0.312 e. The second-order valence-corrected chi connectivity index (χ2v) is 9.49. The lowest BCUT2D eigenvalue weighted by Crippen LogP contribution is -2.56. The molecule has 0 radical (unpaired) electrons. The van der Waals surface area contributed by atoms with Gasteiger partial charge in [-0.1, -0.05) is 15.9 Å². The van der Waals surface area contributed by atoms with Crippen LogP contribution in [0.1, 0.15) is 51.4 Å². The Labute approximate surface area is 133 Å². The van der Waals surface area contributed by atoms with Gasteiger partial charge in [0.15, 0.2) is 6.61 Å². The molecule has 0 aromatic carbocycles. The minimum Gasteiger partial charge on any atom is -0.455 e. The van der Waals surface area contributed by atoms with Gasteiger partial charge in [-0.25, -0.2) is 0 Å². The summed E-state index contributed by atoms with van der Waals surface area (Å²) in [5, 5.41) is 2.87. The average molecular weight is 356 g/mol. The van der Waals surface area contributed by atoms with E-state index in [-0.39, 0.29) is 28.2 Å². The molecule has 5 aliphatic rings. The van der Waals surface area contributed by atoms with Crippen LogP contribution in [0.5, 0.6) is 0 Å². The first-order valence-corrected chi connectivity index (χ1v) is 8.91. The number of ether oxygens (including phenoxy) is 1. The van der Waals surface area contributed by atoms with Gasteiger partial charge in [0.1, 0.15) is 0 Å². The van der Waals surface area contributed by atoms with E-state index >= 15 is 0 Å². The fraction of sp³-hybridized carbons (Fsp3) is 0.875. The first-order chi connectivity index (χ1) is 9.96. The first-order valence-electron chi connectivity index (χ1n) is 8.12. The molecule has 1 amide bonds. The summed E-state index contributed by atoms with van der Waals surface area (Å²) in [6, 6.07) is 0.321. The molecule has 5 fully saturated rings. The van der Waals surface area contributed by atoms with Gasteiger partial charge < -0.3 is 10.1 Å². The topological polar surface area (TPSA) is 55.4 Å². The molecule has 5 rings (SSSR count). The summed E-state index contributed by atoms with van der Waals surface area (Å²) in [6.07, 6.45) is 8.57. The van der Waals surface area contributed by atoms with Crippen LogP contribution >= 0.6 is 15.9 Å². The Kier molecular flexibility index (Phi) is 3.15. The van der Waals surface area contributed by atoms with Gasteiger partial charge in [-0.15, -0.1) is 0 Å². The van der Waals surface area contributed by atoms with Crippen LogP contribution in [0.15, 0.2) is 0 Å². The fourth-order valence-corrected chi connectivity index (χ4v) is 6.62. The van der Waals surface area contributed by atoms with Crippen molar-refractivity contribution >= 4 is 27.8 Å². The minimum absolute atomic E-state index is 0.109. The highest BCUT2D eigenvalue weighted by Crippen LogP contribution is 2.64. The summed E-state index contributed by atoms with van der Waals surface area (Å²) in [7, 11) is 0. The molecule has 0 aromatic rings. The summed E-state index contributed by atoms with van der Waals surface area (Å²) < 4.78 is 5.54. The SMILES string of the molecule is O=C(COC(=O)C12CC3CC(CC(Br)(C3)C1)C2)NC1CC1. The molecular formula is C16H22BrNO3. The quantitative estimate of drug-likeness (QED) is 0.622. The number of nitrogens with one attached hydrogen (secondary N) is 1. The van der Waals surface area contributed by atoms with Crippen LogP contribution in [0.4, 0.5) is 0 Å². The van der Waals surface area contributed by atoms with Gasteiger partial charge in [0.25, 0.3) is 5.91 Å². The van der Waals surface area contributed by atoms with Crippen molar-refractivity contribution < 1.29 is 14.3 Å². The van der Waals surface area contributed by atoms with Gasteiger partial charge in [0, 0.05) is 10.4 Å². The van der Waals surface area contributed by atoms with Crippen LogP contribution in [0, 0.1) is 17.3 Å². The lowest BCUT2D eigenvalue weighted by Gasteiger charge is -2.58. The number of carbonyl (C=O) groups is 2. The number of amides is 1. The maximum absolute atomic E-state index is 12.6. The van der Waals surface area contributed by atoms with Crippen molar-refractivity contribution in [1.29, 1.82) is 0 Å². The molecule has 2 atom stereocenters. The number of esters is 1. The van der Waals surface area contributed by atoms with Crippen molar-refractivity contribution in [2.45, 2.75) is 61.7 Å². The molecule has 4 nitrogen and oxygen atoms in total. The Hall–Kier alpha value is -0.580. The van der Waals surface area contributed by atoms with E-state index in [9.17, 15) is 9.59 Å². The zero-order chi connectivity index (χ0) is 14.7. The van der Waals surface area contributed by atoms with E-state index in [0.717, 1.165) is 32.1 Å². The van der Waals surface area contributed by atoms with Gasteiger partial charge in [-0.05, 0) is 63.2 Å². The summed E-state index contributed by atoms with van der Waals surface area (Å²) >= 11 is 3.89. The van der Waals surface area contributed by atoms with Crippen molar-refractivity contribution in [2.75, 3.05) is 6.61 Å². The van der Waals surface area contributed by atoms with Crippen LogP contribution in [0.25, 0.3) is 0 Å². The molecule has 0 saturated heterocycles. The molecule has 116 valence electrons. The molecule has 5 heteroatoms. The summed E-state index contributed by atoms with van der Waals surface area (Å²) in [6.45, 7) is -0.109. The van der Waals surface area contributed by atoms with Gasteiger partial charge in [0.05, 0.1) is 5.41 Å². The van der Waals surface area contributed by atoms with Crippen molar-refractivity contribution in [3.05, 3.63) is 0 Å². The van der Waals surface area contributed by atoms with E-state index in [1.165, 1.54) is 19.3 Å². The van der Waals surface area contributed by atoms with Gasteiger partial charge in [0.2, 0.25) is 0 Å². The number of hydrogen-bond donors (Lipinski definition) is 1. The van der Waals surface area contributed by atoms with Crippen LogP contribution in [-0.2, 0) is 14.3 Å². The number of halogens is 1. The highest BCUT2D eigenvalue weighted by molar-refractivity contribution is 9.10. The van der Waals surface area contributed by atoms with Crippen molar-refractivity contribution in [1.82, 2.24) is 5.32 Å². The highest BCUT2D eigenvalue weighted by atomic mass is 79.9. The third kappa shape index (κ3) is 2.62. The smallest absolute Gasteiger partial charge is 0.312 e. The molecule has 1 N–H and O–H groups in total. The summed E-state index contributed by atoms with van der Waals surface area (Å²) in [5.74, 6) is 1.02. The largest absolute Gasteiger partial charge is 0.455 e. The van der Waals surface area contributed by atoms with Crippen LogP contribution in [0.2, 0.25) is 0 Å². The summed E-state index contributed by atoms with van der Waals surface area (Å²) in [5.41, 5.74) is -0.326. The van der Waals surface area contributed by atoms with E-state index in [1.54, 1.807) is 0 Å². The Morgan fingerprint density at radius 2 is 1.81 bits per heavy atom. The lowest BCUT2D eigenvalue weighted by molar-refractivity contribution is -0.171. The van der Waals surface area contributed by atoms with Gasteiger partial charge in [-0.2, -0.15) is 0 Å². The standard InChI is InChI=1S/C16H22BrNO3/c17-16-6-10-3-11(7-16)5-15(4-10,9-16)14(20)21-8-13(19)18-12-1-2-12/h10-12H,1-9H2,(H,18,19). The van der Waals surface area contributed by atoms with Crippen molar-refractivity contribution in [2.24, 2.45) is 17.3 Å². The Bertz CT molecular complexity index is 474. The van der Waals surface area contributed by atoms with E-state index < -0.39 is 0 Å². The van der Waals surface area contributed by atoms with Crippen molar-refractivity contribution in [3.63, 3.8) is 0 Å². The molecular weight excluding hydrogens is 334 g/mol. The van der Waals surface area contributed by atoms with Gasteiger partial charge in [-0.3, -0.25) is 9.59 Å². The van der Waals surface area contributed by atoms with E-state index in [4.69, 9.17) is 4.74 Å². The summed E-state index contributed by atoms with van der Waals surface area (Å²) in [4.78, 5) is 24.3. The molecule has 21 heavy (non-hydrogen) atoms. The number of rotatable bonds is 4. The number of carbonyl (C=O) groups excluding carboxylic acids is 2.